The predicted molar refractivity (Wildman–Crippen MR) is 88.9 cm³/mol. The van der Waals surface area contributed by atoms with Crippen molar-refractivity contribution in [2.75, 3.05) is 5.75 Å². The van der Waals surface area contributed by atoms with Gasteiger partial charge in [0.1, 0.15) is 5.52 Å². The molecule has 0 radical (unpaired) electrons. The van der Waals surface area contributed by atoms with Crippen LogP contribution in [-0.4, -0.2) is 23.7 Å². The molecular formula is C17H17NO4S. The Balaban J connectivity index is 2.06. The van der Waals surface area contributed by atoms with Crippen molar-refractivity contribution in [2.45, 2.75) is 19.8 Å². The lowest BCUT2D eigenvalue weighted by molar-refractivity contribution is 0.481. The van der Waals surface area contributed by atoms with Crippen LogP contribution >= 0.6 is 0 Å². The monoisotopic (exact) mass is 331 g/mol. The van der Waals surface area contributed by atoms with Gasteiger partial charge in [0, 0.05) is 6.92 Å². The topological polar surface area (TPSA) is 80.4 Å². The lowest BCUT2D eigenvalue weighted by atomic mass is 9.96. The molecule has 0 atom stereocenters. The van der Waals surface area contributed by atoms with Crippen LogP contribution in [0.15, 0.2) is 46.9 Å². The zero-order valence-corrected chi connectivity index (χ0v) is 13.5. The Morgan fingerprint density at radius 1 is 1.13 bits per heavy atom. The molecule has 120 valence electrons. The molecule has 0 aliphatic rings. The van der Waals surface area contributed by atoms with Gasteiger partial charge in [-0.15, -0.1) is 0 Å². The third-order valence-electron chi connectivity index (χ3n) is 3.69. The summed E-state index contributed by atoms with van der Waals surface area (Å²) in [4.78, 5) is 4.44. The van der Waals surface area contributed by atoms with E-state index in [-0.39, 0.29) is 5.75 Å². The standard InChI is InChI=1S/C17H17NO4S/c1-12-18-17-15(8-5-11-23(19,20)21)14(9-10-16(17)22-12)13-6-3-2-4-7-13/h2-4,6-7,9-10H,5,8,11H2,1H3,(H,19,20,21). The number of benzene rings is 2. The molecule has 0 aliphatic heterocycles. The lowest BCUT2D eigenvalue weighted by Crippen LogP contribution is -2.05. The summed E-state index contributed by atoms with van der Waals surface area (Å²) in [6, 6.07) is 13.7. The summed E-state index contributed by atoms with van der Waals surface area (Å²) in [5.41, 5.74) is 4.41. The van der Waals surface area contributed by atoms with Crippen LogP contribution < -0.4 is 0 Å². The molecule has 1 N–H and O–H groups in total. The van der Waals surface area contributed by atoms with Gasteiger partial charge in [-0.2, -0.15) is 8.42 Å². The van der Waals surface area contributed by atoms with Gasteiger partial charge in [-0.3, -0.25) is 4.55 Å². The Kier molecular flexibility index (Phi) is 4.19. The van der Waals surface area contributed by atoms with Crippen molar-refractivity contribution in [1.82, 2.24) is 4.98 Å². The smallest absolute Gasteiger partial charge is 0.264 e. The zero-order valence-electron chi connectivity index (χ0n) is 12.7. The van der Waals surface area contributed by atoms with Crippen molar-refractivity contribution in [3.05, 3.63) is 53.9 Å². The van der Waals surface area contributed by atoms with E-state index < -0.39 is 10.1 Å². The summed E-state index contributed by atoms with van der Waals surface area (Å²) in [7, 11) is -3.96. The first-order valence-corrected chi connectivity index (χ1v) is 8.94. The number of aromatic nitrogens is 1. The Bertz CT molecular complexity index is 930. The number of hydrogen-bond acceptors (Lipinski definition) is 4. The SMILES string of the molecule is Cc1nc2c(CCCS(=O)(=O)O)c(-c3ccccc3)ccc2o1. The molecular weight excluding hydrogens is 314 g/mol. The molecule has 2 aromatic carbocycles. The molecule has 0 saturated carbocycles. The molecule has 6 heteroatoms. The van der Waals surface area contributed by atoms with Crippen molar-refractivity contribution in [1.29, 1.82) is 0 Å². The number of hydrogen-bond donors (Lipinski definition) is 1. The number of rotatable bonds is 5. The zero-order chi connectivity index (χ0) is 16.4. The average molecular weight is 331 g/mol. The number of nitrogens with zero attached hydrogens (tertiary/aromatic N) is 1. The van der Waals surface area contributed by atoms with Crippen molar-refractivity contribution in [3.8, 4) is 11.1 Å². The van der Waals surface area contributed by atoms with Crippen molar-refractivity contribution in [2.24, 2.45) is 0 Å². The highest BCUT2D eigenvalue weighted by molar-refractivity contribution is 7.85. The highest BCUT2D eigenvalue weighted by atomic mass is 32.2. The van der Waals surface area contributed by atoms with E-state index in [0.29, 0.717) is 24.3 Å². The van der Waals surface area contributed by atoms with Gasteiger partial charge < -0.3 is 4.42 Å². The van der Waals surface area contributed by atoms with Crippen LogP contribution in [0.3, 0.4) is 0 Å². The minimum atomic E-state index is -3.96. The van der Waals surface area contributed by atoms with E-state index in [1.54, 1.807) is 6.92 Å². The van der Waals surface area contributed by atoms with E-state index in [9.17, 15) is 8.42 Å². The lowest BCUT2D eigenvalue weighted by Gasteiger charge is -2.10. The molecule has 5 nitrogen and oxygen atoms in total. The molecule has 1 aromatic heterocycles. The first-order valence-electron chi connectivity index (χ1n) is 7.33. The van der Waals surface area contributed by atoms with E-state index in [1.807, 2.05) is 42.5 Å². The van der Waals surface area contributed by atoms with Crippen molar-refractivity contribution in [3.63, 3.8) is 0 Å². The molecule has 1 heterocycles. The van der Waals surface area contributed by atoms with Crippen LogP contribution in [0.1, 0.15) is 17.9 Å². The first-order chi connectivity index (χ1) is 10.9. The van der Waals surface area contributed by atoms with Crippen molar-refractivity contribution >= 4 is 21.2 Å². The molecule has 0 amide bonds. The number of fused-ring (bicyclic) bond motifs is 1. The van der Waals surface area contributed by atoms with Gasteiger partial charge >= 0.3 is 0 Å². The van der Waals surface area contributed by atoms with Crippen LogP contribution in [0.25, 0.3) is 22.2 Å². The normalized spacial score (nSPS) is 11.9. The second-order valence-electron chi connectivity index (χ2n) is 5.43. The Morgan fingerprint density at radius 3 is 2.57 bits per heavy atom. The van der Waals surface area contributed by atoms with Gasteiger partial charge in [0.15, 0.2) is 11.5 Å². The predicted octanol–water partition coefficient (Wildman–Crippen LogP) is 3.62. The third kappa shape index (κ3) is 3.60. The largest absolute Gasteiger partial charge is 0.441 e. The Labute approximate surface area is 134 Å². The second-order valence-corrected chi connectivity index (χ2v) is 7.00. The second kappa shape index (κ2) is 6.14. The highest BCUT2D eigenvalue weighted by Gasteiger charge is 2.15. The quantitative estimate of drug-likeness (QED) is 0.722. The Hall–Kier alpha value is -2.18. The van der Waals surface area contributed by atoms with Crippen molar-refractivity contribution < 1.29 is 17.4 Å². The average Bonchev–Trinajstić information content (AvgIpc) is 2.88. The number of aryl methyl sites for hydroxylation is 2. The molecule has 0 unspecified atom stereocenters. The van der Waals surface area contributed by atoms with E-state index in [2.05, 4.69) is 4.98 Å². The molecule has 3 rings (SSSR count). The summed E-state index contributed by atoms with van der Waals surface area (Å²) >= 11 is 0. The van der Waals surface area contributed by atoms with E-state index in [1.165, 1.54) is 0 Å². The molecule has 3 aromatic rings. The van der Waals surface area contributed by atoms with Gasteiger partial charge in [0.05, 0.1) is 5.75 Å². The number of oxazole rings is 1. The summed E-state index contributed by atoms with van der Waals surface area (Å²) in [5, 5.41) is 0. The third-order valence-corrected chi connectivity index (χ3v) is 4.49. The van der Waals surface area contributed by atoms with E-state index in [0.717, 1.165) is 22.2 Å². The van der Waals surface area contributed by atoms with Crippen LogP contribution in [0.5, 0.6) is 0 Å². The minimum Gasteiger partial charge on any atom is -0.441 e. The summed E-state index contributed by atoms with van der Waals surface area (Å²) in [5.74, 6) is 0.301. The molecule has 23 heavy (non-hydrogen) atoms. The molecule has 0 aliphatic carbocycles. The van der Waals surface area contributed by atoms with E-state index >= 15 is 0 Å². The molecule has 0 spiro atoms. The molecule has 0 bridgehead atoms. The summed E-state index contributed by atoms with van der Waals surface area (Å²) in [6.45, 7) is 1.78. The van der Waals surface area contributed by atoms with Gasteiger partial charge in [-0.1, -0.05) is 36.4 Å². The molecule has 0 saturated heterocycles. The van der Waals surface area contributed by atoms with Gasteiger partial charge in [0.25, 0.3) is 10.1 Å². The maximum Gasteiger partial charge on any atom is 0.264 e. The maximum atomic E-state index is 11.0. The van der Waals surface area contributed by atoms with Crippen LogP contribution in [0.4, 0.5) is 0 Å². The summed E-state index contributed by atoms with van der Waals surface area (Å²) in [6.07, 6.45) is 0.816. The van der Waals surface area contributed by atoms with Gasteiger partial charge in [0.2, 0.25) is 0 Å². The summed E-state index contributed by atoms with van der Waals surface area (Å²) < 4.78 is 36.4. The van der Waals surface area contributed by atoms with E-state index in [4.69, 9.17) is 8.97 Å². The fourth-order valence-corrected chi connectivity index (χ4v) is 3.24. The van der Waals surface area contributed by atoms with Crippen LogP contribution in [0, 0.1) is 6.92 Å². The minimum absolute atomic E-state index is 0.269. The Morgan fingerprint density at radius 2 is 1.87 bits per heavy atom. The van der Waals surface area contributed by atoms with Gasteiger partial charge in [-0.25, -0.2) is 4.98 Å². The maximum absolute atomic E-state index is 11.0. The fourth-order valence-electron chi connectivity index (χ4n) is 2.73. The highest BCUT2D eigenvalue weighted by Crippen LogP contribution is 2.31. The first kappa shape index (κ1) is 15.7. The van der Waals surface area contributed by atoms with Crippen LogP contribution in [0.2, 0.25) is 0 Å². The molecule has 0 fully saturated rings. The fraction of sp³-hybridized carbons (Fsp3) is 0.235. The van der Waals surface area contributed by atoms with Gasteiger partial charge in [-0.05, 0) is 35.6 Å². The van der Waals surface area contributed by atoms with Crippen LogP contribution in [-0.2, 0) is 16.5 Å².